The minimum absolute atomic E-state index is 0.909. The van der Waals surface area contributed by atoms with Gasteiger partial charge in [-0.15, -0.1) is 0 Å². The molecule has 2 nitrogen and oxygen atoms in total. The van der Waals surface area contributed by atoms with Crippen molar-refractivity contribution in [2.24, 2.45) is 5.92 Å². The maximum absolute atomic E-state index is 5.88. The standard InChI is InChI=1S/C16H24N2/c17-15-7-8-16-14(12-15)6-3-10-18(16)11-9-13-4-1-2-5-13/h7-8,12-13H,1-6,9-11,17H2. The van der Waals surface area contributed by atoms with E-state index in [1.165, 1.54) is 69.3 Å². The van der Waals surface area contributed by atoms with Gasteiger partial charge in [-0.2, -0.15) is 0 Å². The number of hydrogen-bond acceptors (Lipinski definition) is 2. The van der Waals surface area contributed by atoms with E-state index in [1.807, 2.05) is 6.07 Å². The van der Waals surface area contributed by atoms with Gasteiger partial charge in [0, 0.05) is 24.5 Å². The molecule has 18 heavy (non-hydrogen) atoms. The van der Waals surface area contributed by atoms with Crippen molar-refractivity contribution in [2.75, 3.05) is 23.7 Å². The molecule has 2 N–H and O–H groups in total. The van der Waals surface area contributed by atoms with E-state index in [-0.39, 0.29) is 0 Å². The van der Waals surface area contributed by atoms with Crippen molar-refractivity contribution < 1.29 is 0 Å². The van der Waals surface area contributed by atoms with E-state index in [0.29, 0.717) is 0 Å². The number of rotatable bonds is 3. The molecule has 0 atom stereocenters. The van der Waals surface area contributed by atoms with Gasteiger partial charge >= 0.3 is 0 Å². The molecular weight excluding hydrogens is 220 g/mol. The molecule has 1 aliphatic heterocycles. The average molecular weight is 244 g/mol. The minimum Gasteiger partial charge on any atom is -0.399 e. The highest BCUT2D eigenvalue weighted by Crippen LogP contribution is 2.32. The summed E-state index contributed by atoms with van der Waals surface area (Å²) in [5.41, 5.74) is 9.68. The second-order valence-electron chi connectivity index (χ2n) is 5.92. The third-order valence-corrected chi connectivity index (χ3v) is 4.60. The Morgan fingerprint density at radius 1 is 1.17 bits per heavy atom. The molecule has 0 aromatic heterocycles. The van der Waals surface area contributed by atoms with Gasteiger partial charge in [-0.25, -0.2) is 0 Å². The number of nitrogens with zero attached hydrogens (tertiary/aromatic N) is 1. The lowest BCUT2D eigenvalue weighted by molar-refractivity contribution is 0.494. The fraction of sp³-hybridized carbons (Fsp3) is 0.625. The molecule has 2 aliphatic rings. The Kier molecular flexibility index (Phi) is 3.44. The molecule has 0 spiro atoms. The number of benzene rings is 1. The van der Waals surface area contributed by atoms with Gasteiger partial charge in [-0.05, 0) is 48.9 Å². The Labute approximate surface area is 110 Å². The van der Waals surface area contributed by atoms with Crippen molar-refractivity contribution in [3.05, 3.63) is 23.8 Å². The second-order valence-corrected chi connectivity index (χ2v) is 5.92. The van der Waals surface area contributed by atoms with E-state index in [4.69, 9.17) is 5.73 Å². The van der Waals surface area contributed by atoms with Gasteiger partial charge < -0.3 is 10.6 Å². The third-order valence-electron chi connectivity index (χ3n) is 4.60. The molecule has 1 heterocycles. The lowest BCUT2D eigenvalue weighted by Gasteiger charge is -2.32. The monoisotopic (exact) mass is 244 g/mol. The number of nitrogen functional groups attached to an aromatic ring is 1. The molecule has 1 fully saturated rings. The van der Waals surface area contributed by atoms with E-state index in [2.05, 4.69) is 17.0 Å². The van der Waals surface area contributed by atoms with Crippen LogP contribution in [0.5, 0.6) is 0 Å². The summed E-state index contributed by atoms with van der Waals surface area (Å²) in [6.07, 6.45) is 9.69. The summed E-state index contributed by atoms with van der Waals surface area (Å²) in [4.78, 5) is 2.58. The zero-order valence-electron chi connectivity index (χ0n) is 11.2. The van der Waals surface area contributed by atoms with Gasteiger partial charge in [-0.1, -0.05) is 25.7 Å². The smallest absolute Gasteiger partial charge is 0.0400 e. The van der Waals surface area contributed by atoms with Crippen molar-refractivity contribution in [2.45, 2.75) is 44.9 Å². The normalized spacial score (nSPS) is 20.1. The molecule has 0 saturated heterocycles. The molecule has 2 heteroatoms. The van der Waals surface area contributed by atoms with Crippen molar-refractivity contribution in [3.63, 3.8) is 0 Å². The van der Waals surface area contributed by atoms with E-state index in [9.17, 15) is 0 Å². The van der Waals surface area contributed by atoms with Crippen LogP contribution in [0, 0.1) is 5.92 Å². The second kappa shape index (κ2) is 5.21. The quantitative estimate of drug-likeness (QED) is 0.823. The Hall–Kier alpha value is -1.18. The Balaban J connectivity index is 1.67. The van der Waals surface area contributed by atoms with Gasteiger partial charge in [0.1, 0.15) is 0 Å². The van der Waals surface area contributed by atoms with Gasteiger partial charge in [-0.3, -0.25) is 0 Å². The molecular formula is C16H24N2. The van der Waals surface area contributed by atoms with E-state index in [1.54, 1.807) is 0 Å². The molecule has 1 saturated carbocycles. The van der Waals surface area contributed by atoms with Crippen LogP contribution in [0.3, 0.4) is 0 Å². The fourth-order valence-electron chi connectivity index (χ4n) is 3.56. The molecule has 0 amide bonds. The summed E-state index contributed by atoms with van der Waals surface area (Å²) < 4.78 is 0. The van der Waals surface area contributed by atoms with Crippen molar-refractivity contribution >= 4 is 11.4 Å². The number of anilines is 2. The van der Waals surface area contributed by atoms with Gasteiger partial charge in [0.15, 0.2) is 0 Å². The van der Waals surface area contributed by atoms with Gasteiger partial charge in [0.25, 0.3) is 0 Å². The van der Waals surface area contributed by atoms with Crippen LogP contribution in [0.4, 0.5) is 11.4 Å². The molecule has 98 valence electrons. The summed E-state index contributed by atoms with van der Waals surface area (Å²) in [5.74, 6) is 0.990. The van der Waals surface area contributed by atoms with Crippen LogP contribution < -0.4 is 10.6 Å². The fourth-order valence-corrected chi connectivity index (χ4v) is 3.56. The Morgan fingerprint density at radius 3 is 2.83 bits per heavy atom. The van der Waals surface area contributed by atoms with Crippen LogP contribution in [0.15, 0.2) is 18.2 Å². The van der Waals surface area contributed by atoms with Crippen LogP contribution in [0.2, 0.25) is 0 Å². The molecule has 0 bridgehead atoms. The SMILES string of the molecule is Nc1ccc2c(c1)CCCN2CCC1CCCC1. The van der Waals surface area contributed by atoms with E-state index < -0.39 is 0 Å². The van der Waals surface area contributed by atoms with Crippen LogP contribution >= 0.6 is 0 Å². The zero-order chi connectivity index (χ0) is 12.4. The largest absolute Gasteiger partial charge is 0.399 e. The van der Waals surface area contributed by atoms with E-state index in [0.717, 1.165) is 11.6 Å². The third kappa shape index (κ3) is 2.47. The van der Waals surface area contributed by atoms with Gasteiger partial charge in [0.05, 0.1) is 0 Å². The lowest BCUT2D eigenvalue weighted by Crippen LogP contribution is -2.31. The van der Waals surface area contributed by atoms with Crippen molar-refractivity contribution in [3.8, 4) is 0 Å². The highest BCUT2D eigenvalue weighted by atomic mass is 15.1. The predicted octanol–water partition coefficient (Wildman–Crippen LogP) is 3.60. The molecule has 1 aliphatic carbocycles. The minimum atomic E-state index is 0.909. The number of nitrogens with two attached hydrogens (primary N) is 1. The van der Waals surface area contributed by atoms with Gasteiger partial charge in [0.2, 0.25) is 0 Å². The summed E-state index contributed by atoms with van der Waals surface area (Å²) in [5, 5.41) is 0. The Bertz CT molecular complexity index is 408. The number of aryl methyl sites for hydroxylation is 1. The average Bonchev–Trinajstić information content (AvgIpc) is 2.89. The molecule has 1 aromatic rings. The zero-order valence-corrected chi connectivity index (χ0v) is 11.2. The first-order chi connectivity index (χ1) is 8.83. The summed E-state index contributed by atoms with van der Waals surface area (Å²) in [6.45, 7) is 2.46. The number of hydrogen-bond donors (Lipinski definition) is 1. The highest BCUT2D eigenvalue weighted by molar-refractivity contribution is 5.61. The van der Waals surface area contributed by atoms with Crippen molar-refractivity contribution in [1.29, 1.82) is 0 Å². The lowest BCUT2D eigenvalue weighted by atomic mass is 9.99. The van der Waals surface area contributed by atoms with Crippen LogP contribution in [0.25, 0.3) is 0 Å². The van der Waals surface area contributed by atoms with E-state index >= 15 is 0 Å². The van der Waals surface area contributed by atoms with Crippen LogP contribution in [-0.4, -0.2) is 13.1 Å². The predicted molar refractivity (Wildman–Crippen MR) is 78.0 cm³/mol. The Morgan fingerprint density at radius 2 is 2.00 bits per heavy atom. The topological polar surface area (TPSA) is 29.3 Å². The summed E-state index contributed by atoms with van der Waals surface area (Å²) in [7, 11) is 0. The molecule has 1 aromatic carbocycles. The molecule has 0 radical (unpaired) electrons. The number of fused-ring (bicyclic) bond motifs is 1. The van der Waals surface area contributed by atoms with Crippen molar-refractivity contribution in [1.82, 2.24) is 0 Å². The maximum atomic E-state index is 5.88. The molecule has 3 rings (SSSR count). The highest BCUT2D eigenvalue weighted by Gasteiger charge is 2.20. The first kappa shape index (κ1) is 11.9. The maximum Gasteiger partial charge on any atom is 0.0400 e. The summed E-state index contributed by atoms with van der Waals surface area (Å²) in [6, 6.07) is 6.43. The first-order valence-electron chi connectivity index (χ1n) is 7.46. The molecule has 0 unspecified atom stereocenters. The van der Waals surface area contributed by atoms with Crippen LogP contribution in [0.1, 0.15) is 44.1 Å². The first-order valence-corrected chi connectivity index (χ1v) is 7.46. The van der Waals surface area contributed by atoms with Crippen LogP contribution in [-0.2, 0) is 6.42 Å². The summed E-state index contributed by atoms with van der Waals surface area (Å²) >= 11 is 0.